The van der Waals surface area contributed by atoms with Crippen LogP contribution in [0.1, 0.15) is 39.5 Å². The fourth-order valence-corrected chi connectivity index (χ4v) is 3.47. The van der Waals surface area contributed by atoms with Gasteiger partial charge in [0.05, 0.1) is 0 Å². The Bertz CT molecular complexity index is 264. The Hall–Kier alpha value is -0.120. The topological polar surface area (TPSA) is 18.5 Å². The first-order valence-electron chi connectivity index (χ1n) is 7.61. The van der Waals surface area contributed by atoms with E-state index in [1.165, 1.54) is 45.3 Å². The van der Waals surface area contributed by atoms with E-state index in [9.17, 15) is 0 Å². The van der Waals surface area contributed by atoms with Crippen LogP contribution < -0.4 is 5.32 Å². The summed E-state index contributed by atoms with van der Waals surface area (Å²) >= 11 is 0. The van der Waals surface area contributed by atoms with Crippen LogP contribution in [-0.2, 0) is 0 Å². The van der Waals surface area contributed by atoms with Gasteiger partial charge in [0.25, 0.3) is 0 Å². The molecule has 1 N–H and O–H groups in total. The Morgan fingerprint density at radius 1 is 1.17 bits per heavy atom. The second-order valence-electron chi connectivity index (χ2n) is 7.09. The molecule has 1 aliphatic heterocycles. The highest BCUT2D eigenvalue weighted by Crippen LogP contribution is 2.35. The molecule has 2 fully saturated rings. The van der Waals surface area contributed by atoms with Crippen LogP contribution in [-0.4, -0.2) is 62.2 Å². The van der Waals surface area contributed by atoms with E-state index in [2.05, 4.69) is 43.1 Å². The van der Waals surface area contributed by atoms with E-state index in [4.69, 9.17) is 0 Å². The van der Waals surface area contributed by atoms with Gasteiger partial charge in [-0.05, 0) is 32.4 Å². The van der Waals surface area contributed by atoms with Crippen LogP contribution in [0.3, 0.4) is 0 Å². The van der Waals surface area contributed by atoms with Gasteiger partial charge in [-0.1, -0.05) is 26.7 Å². The minimum Gasteiger partial charge on any atom is -0.312 e. The molecule has 0 aromatic heterocycles. The molecule has 2 aliphatic rings. The number of piperazine rings is 1. The van der Waals surface area contributed by atoms with Gasteiger partial charge in [-0.15, -0.1) is 0 Å². The van der Waals surface area contributed by atoms with Crippen LogP contribution in [0.5, 0.6) is 0 Å². The number of hydrogen-bond donors (Lipinski definition) is 1. The third kappa shape index (κ3) is 3.46. The summed E-state index contributed by atoms with van der Waals surface area (Å²) < 4.78 is 0. The molecule has 2 rings (SSSR count). The third-order valence-electron chi connectivity index (χ3n) is 5.09. The first-order valence-corrected chi connectivity index (χ1v) is 7.61. The molecule has 3 heteroatoms. The molecule has 18 heavy (non-hydrogen) atoms. The van der Waals surface area contributed by atoms with Crippen molar-refractivity contribution in [3.63, 3.8) is 0 Å². The van der Waals surface area contributed by atoms with E-state index in [-0.39, 0.29) is 0 Å². The molecule has 1 saturated heterocycles. The predicted molar refractivity (Wildman–Crippen MR) is 78.0 cm³/mol. The Morgan fingerprint density at radius 3 is 2.67 bits per heavy atom. The van der Waals surface area contributed by atoms with Crippen molar-refractivity contribution in [1.82, 2.24) is 15.1 Å². The zero-order valence-corrected chi connectivity index (χ0v) is 12.7. The first-order chi connectivity index (χ1) is 8.49. The predicted octanol–water partition coefficient (Wildman–Crippen LogP) is 1.79. The minimum absolute atomic E-state index is 0.484. The van der Waals surface area contributed by atoms with E-state index in [1.54, 1.807) is 0 Å². The molecule has 0 spiro atoms. The monoisotopic (exact) mass is 253 g/mol. The van der Waals surface area contributed by atoms with Crippen molar-refractivity contribution in [2.24, 2.45) is 5.41 Å². The van der Waals surface area contributed by atoms with Crippen molar-refractivity contribution in [2.45, 2.75) is 51.6 Å². The summed E-state index contributed by atoms with van der Waals surface area (Å²) in [5.41, 5.74) is 0.484. The normalized spacial score (nSPS) is 34.7. The second-order valence-corrected chi connectivity index (χ2v) is 7.09. The van der Waals surface area contributed by atoms with Crippen molar-refractivity contribution >= 4 is 0 Å². The van der Waals surface area contributed by atoms with E-state index in [0.29, 0.717) is 17.5 Å². The fraction of sp³-hybridized carbons (Fsp3) is 1.00. The van der Waals surface area contributed by atoms with Gasteiger partial charge in [0.15, 0.2) is 0 Å². The molecule has 1 heterocycles. The molecule has 0 aromatic carbocycles. The second kappa shape index (κ2) is 5.89. The van der Waals surface area contributed by atoms with Crippen molar-refractivity contribution in [3.05, 3.63) is 0 Å². The van der Waals surface area contributed by atoms with E-state index < -0.39 is 0 Å². The lowest BCUT2D eigenvalue weighted by Crippen LogP contribution is -2.56. The van der Waals surface area contributed by atoms with E-state index >= 15 is 0 Å². The Morgan fingerprint density at radius 2 is 1.94 bits per heavy atom. The summed E-state index contributed by atoms with van der Waals surface area (Å²) in [5.74, 6) is 0. The highest BCUT2D eigenvalue weighted by Gasteiger charge is 2.32. The Balaban J connectivity index is 1.82. The van der Waals surface area contributed by atoms with E-state index in [1.807, 2.05) is 0 Å². The fourth-order valence-electron chi connectivity index (χ4n) is 3.47. The van der Waals surface area contributed by atoms with Gasteiger partial charge in [-0.3, -0.25) is 4.90 Å². The summed E-state index contributed by atoms with van der Waals surface area (Å²) in [7, 11) is 4.51. The van der Waals surface area contributed by atoms with Crippen LogP contribution in [0.2, 0.25) is 0 Å². The van der Waals surface area contributed by atoms with Crippen LogP contribution in [0.15, 0.2) is 0 Å². The summed E-state index contributed by atoms with van der Waals surface area (Å²) in [6, 6.07) is 1.40. The minimum atomic E-state index is 0.484. The molecule has 0 amide bonds. The molecule has 2 unspecified atom stereocenters. The molecule has 1 saturated carbocycles. The maximum Gasteiger partial charge on any atom is 0.0345 e. The number of rotatable bonds is 3. The van der Waals surface area contributed by atoms with Gasteiger partial charge in [0, 0.05) is 38.3 Å². The molecule has 0 bridgehead atoms. The SMILES string of the molecule is CN1CCN(C)C(CNC2CCCCC2(C)C)C1. The highest BCUT2D eigenvalue weighted by molar-refractivity contribution is 4.90. The van der Waals surface area contributed by atoms with E-state index in [0.717, 1.165) is 6.54 Å². The van der Waals surface area contributed by atoms with Gasteiger partial charge in [-0.2, -0.15) is 0 Å². The summed E-state index contributed by atoms with van der Waals surface area (Å²) in [6.45, 7) is 9.63. The molecule has 3 nitrogen and oxygen atoms in total. The van der Waals surface area contributed by atoms with Crippen molar-refractivity contribution in [2.75, 3.05) is 40.3 Å². The van der Waals surface area contributed by atoms with Gasteiger partial charge in [0.1, 0.15) is 0 Å². The molecule has 106 valence electrons. The third-order valence-corrected chi connectivity index (χ3v) is 5.09. The average Bonchev–Trinajstić information content (AvgIpc) is 2.31. The Kier molecular flexibility index (Phi) is 4.68. The molecular formula is C15H31N3. The summed E-state index contributed by atoms with van der Waals surface area (Å²) in [6.07, 6.45) is 5.56. The van der Waals surface area contributed by atoms with Gasteiger partial charge < -0.3 is 10.2 Å². The molecular weight excluding hydrogens is 222 g/mol. The highest BCUT2D eigenvalue weighted by atomic mass is 15.3. The lowest BCUT2D eigenvalue weighted by molar-refractivity contribution is 0.0973. The maximum absolute atomic E-state index is 3.86. The summed E-state index contributed by atoms with van der Waals surface area (Å²) in [5, 5.41) is 3.86. The Labute approximate surface area is 113 Å². The summed E-state index contributed by atoms with van der Waals surface area (Å²) in [4.78, 5) is 4.97. The molecule has 0 aromatic rings. The van der Waals surface area contributed by atoms with Gasteiger partial charge in [-0.25, -0.2) is 0 Å². The lowest BCUT2D eigenvalue weighted by atomic mass is 9.73. The van der Waals surface area contributed by atoms with Crippen LogP contribution in [0.25, 0.3) is 0 Å². The molecule has 0 radical (unpaired) electrons. The van der Waals surface area contributed by atoms with Gasteiger partial charge >= 0.3 is 0 Å². The number of likely N-dealkylation sites (N-methyl/N-ethyl adjacent to an activating group) is 2. The van der Waals surface area contributed by atoms with Crippen molar-refractivity contribution in [3.8, 4) is 0 Å². The number of hydrogen-bond acceptors (Lipinski definition) is 3. The quantitative estimate of drug-likeness (QED) is 0.827. The first kappa shape index (κ1) is 14.3. The van der Waals surface area contributed by atoms with Crippen LogP contribution in [0, 0.1) is 5.41 Å². The number of nitrogens with zero attached hydrogens (tertiary/aromatic N) is 2. The van der Waals surface area contributed by atoms with Crippen LogP contribution >= 0.6 is 0 Å². The van der Waals surface area contributed by atoms with Crippen LogP contribution in [0.4, 0.5) is 0 Å². The van der Waals surface area contributed by atoms with Crippen molar-refractivity contribution < 1.29 is 0 Å². The largest absolute Gasteiger partial charge is 0.312 e. The van der Waals surface area contributed by atoms with Gasteiger partial charge in [0.2, 0.25) is 0 Å². The zero-order chi connectivity index (χ0) is 13.2. The number of nitrogens with one attached hydrogen (secondary N) is 1. The molecule has 2 atom stereocenters. The maximum atomic E-state index is 3.86. The lowest BCUT2D eigenvalue weighted by Gasteiger charge is -2.42. The standard InChI is InChI=1S/C15H31N3/c1-15(2)8-6-5-7-14(15)16-11-13-12-17(3)9-10-18(13)4/h13-14,16H,5-12H2,1-4H3. The zero-order valence-electron chi connectivity index (χ0n) is 12.7. The van der Waals surface area contributed by atoms with Crippen molar-refractivity contribution in [1.29, 1.82) is 0 Å². The molecule has 1 aliphatic carbocycles. The average molecular weight is 253 g/mol. The smallest absolute Gasteiger partial charge is 0.0345 e.